The van der Waals surface area contributed by atoms with Gasteiger partial charge in [-0.15, -0.1) is 0 Å². The molecular weight excluding hydrogens is 454 g/mol. The van der Waals surface area contributed by atoms with Crippen LogP contribution in [0.4, 0.5) is 5.69 Å². The smallest absolute Gasteiger partial charge is 0.264 e. The van der Waals surface area contributed by atoms with E-state index in [1.54, 1.807) is 55.6 Å². The molecule has 0 saturated heterocycles. The fourth-order valence-electron chi connectivity index (χ4n) is 3.31. The van der Waals surface area contributed by atoms with Crippen LogP contribution in [-0.2, 0) is 14.8 Å². The molecule has 0 aromatic heterocycles. The van der Waals surface area contributed by atoms with E-state index in [0.717, 1.165) is 15.4 Å². The molecule has 0 unspecified atom stereocenters. The van der Waals surface area contributed by atoms with Crippen LogP contribution in [-0.4, -0.2) is 41.3 Å². The van der Waals surface area contributed by atoms with Gasteiger partial charge >= 0.3 is 0 Å². The number of rotatable bonds is 9. The number of methoxy groups -OCH3 is 2. The number of anilines is 1. The molecule has 0 fully saturated rings. The van der Waals surface area contributed by atoms with Crippen molar-refractivity contribution in [3.05, 3.63) is 83.4 Å². The van der Waals surface area contributed by atoms with Crippen molar-refractivity contribution in [3.63, 3.8) is 0 Å². The molecule has 3 aromatic rings. The number of carbonyl (C=O) groups excluding carboxylic acids is 1. The van der Waals surface area contributed by atoms with E-state index in [9.17, 15) is 13.2 Å². The van der Waals surface area contributed by atoms with Crippen LogP contribution in [0.2, 0.25) is 0 Å². The van der Waals surface area contributed by atoms with Crippen molar-refractivity contribution >= 4 is 27.8 Å². The SMILES string of the molecule is COc1ccc(OC)c(/C=N\NC(=O)CN(c2cccc(C)c2C)S(=O)(=O)c2ccccc2)c1. The first-order valence-corrected chi connectivity index (χ1v) is 11.9. The lowest BCUT2D eigenvalue weighted by Crippen LogP contribution is -2.40. The van der Waals surface area contributed by atoms with Crippen LogP contribution in [0.5, 0.6) is 11.5 Å². The Morgan fingerprint density at radius 2 is 1.74 bits per heavy atom. The Labute approximate surface area is 199 Å². The third-order valence-electron chi connectivity index (χ3n) is 5.29. The summed E-state index contributed by atoms with van der Waals surface area (Å²) < 4.78 is 38.5. The number of carbonyl (C=O) groups is 1. The summed E-state index contributed by atoms with van der Waals surface area (Å²) in [5.41, 5.74) is 5.10. The number of benzene rings is 3. The standard InChI is InChI=1S/C25H27N3O5S/c1-18-9-8-12-23(19(18)2)28(34(30,31)22-10-6-5-7-11-22)17-25(29)27-26-16-20-15-21(32-3)13-14-24(20)33-4/h5-16H,17H2,1-4H3,(H,27,29)/b26-16-. The summed E-state index contributed by atoms with van der Waals surface area (Å²) in [5.74, 6) is 0.546. The van der Waals surface area contributed by atoms with Crippen LogP contribution in [0.15, 0.2) is 76.7 Å². The van der Waals surface area contributed by atoms with Gasteiger partial charge in [-0.2, -0.15) is 5.10 Å². The fraction of sp³-hybridized carbons (Fsp3) is 0.200. The van der Waals surface area contributed by atoms with Gasteiger partial charge in [-0.05, 0) is 61.4 Å². The molecule has 0 saturated carbocycles. The Morgan fingerprint density at radius 3 is 2.41 bits per heavy atom. The highest BCUT2D eigenvalue weighted by Gasteiger charge is 2.28. The maximum atomic E-state index is 13.5. The Morgan fingerprint density at radius 1 is 1.00 bits per heavy atom. The monoisotopic (exact) mass is 481 g/mol. The minimum atomic E-state index is -4.00. The molecule has 0 spiro atoms. The molecule has 9 heteroatoms. The van der Waals surface area contributed by atoms with Gasteiger partial charge in [0.1, 0.15) is 18.0 Å². The van der Waals surface area contributed by atoms with Crippen LogP contribution in [0.25, 0.3) is 0 Å². The quantitative estimate of drug-likeness (QED) is 0.372. The molecule has 3 aromatic carbocycles. The maximum Gasteiger partial charge on any atom is 0.264 e. The van der Waals surface area contributed by atoms with Crippen LogP contribution >= 0.6 is 0 Å². The van der Waals surface area contributed by atoms with Gasteiger partial charge in [0.25, 0.3) is 15.9 Å². The van der Waals surface area contributed by atoms with Gasteiger partial charge in [-0.25, -0.2) is 13.8 Å². The van der Waals surface area contributed by atoms with E-state index in [1.807, 2.05) is 19.9 Å². The van der Waals surface area contributed by atoms with E-state index < -0.39 is 22.5 Å². The predicted molar refractivity (Wildman–Crippen MR) is 132 cm³/mol. The highest BCUT2D eigenvalue weighted by atomic mass is 32.2. The van der Waals surface area contributed by atoms with Gasteiger partial charge < -0.3 is 9.47 Å². The molecule has 1 amide bonds. The first-order valence-electron chi connectivity index (χ1n) is 10.5. The zero-order valence-corrected chi connectivity index (χ0v) is 20.3. The molecule has 0 atom stereocenters. The number of nitrogens with zero attached hydrogens (tertiary/aromatic N) is 2. The van der Waals surface area contributed by atoms with Crippen LogP contribution < -0.4 is 19.2 Å². The largest absolute Gasteiger partial charge is 0.497 e. The third-order valence-corrected chi connectivity index (χ3v) is 7.07. The summed E-state index contributed by atoms with van der Waals surface area (Å²) in [7, 11) is -0.938. The second kappa shape index (κ2) is 10.8. The lowest BCUT2D eigenvalue weighted by molar-refractivity contribution is -0.119. The van der Waals surface area contributed by atoms with E-state index in [4.69, 9.17) is 9.47 Å². The first kappa shape index (κ1) is 24.8. The van der Waals surface area contributed by atoms with Gasteiger partial charge in [0, 0.05) is 5.56 Å². The summed E-state index contributed by atoms with van der Waals surface area (Å²) in [6, 6.07) is 18.5. The van der Waals surface area contributed by atoms with Crippen LogP contribution in [0.3, 0.4) is 0 Å². The number of aryl methyl sites for hydroxylation is 1. The number of hydrogen-bond acceptors (Lipinski definition) is 6. The lowest BCUT2D eigenvalue weighted by Gasteiger charge is -2.26. The molecule has 0 heterocycles. The van der Waals surface area contributed by atoms with Crippen molar-refractivity contribution in [1.82, 2.24) is 5.43 Å². The Balaban J connectivity index is 1.88. The van der Waals surface area contributed by atoms with E-state index in [-0.39, 0.29) is 4.90 Å². The number of hydrazone groups is 1. The van der Waals surface area contributed by atoms with Crippen molar-refractivity contribution in [2.24, 2.45) is 5.10 Å². The van der Waals surface area contributed by atoms with Crippen LogP contribution in [0.1, 0.15) is 16.7 Å². The van der Waals surface area contributed by atoms with Crippen molar-refractivity contribution in [3.8, 4) is 11.5 Å². The Bertz CT molecular complexity index is 1290. The second-order valence-electron chi connectivity index (χ2n) is 7.44. The molecule has 8 nitrogen and oxygen atoms in total. The molecule has 178 valence electrons. The lowest BCUT2D eigenvalue weighted by atomic mass is 10.1. The predicted octanol–water partition coefficient (Wildman–Crippen LogP) is 3.67. The molecule has 1 N–H and O–H groups in total. The fourth-order valence-corrected chi connectivity index (χ4v) is 4.80. The third kappa shape index (κ3) is 5.55. The molecule has 0 radical (unpaired) electrons. The average Bonchev–Trinajstić information content (AvgIpc) is 2.85. The minimum absolute atomic E-state index is 0.0910. The number of hydrogen-bond donors (Lipinski definition) is 1. The number of amides is 1. The number of ether oxygens (including phenoxy) is 2. The highest BCUT2D eigenvalue weighted by molar-refractivity contribution is 7.92. The van der Waals surface area contributed by atoms with Crippen molar-refractivity contribution in [2.45, 2.75) is 18.7 Å². The Hall–Kier alpha value is -3.85. The normalized spacial score (nSPS) is 11.3. The topological polar surface area (TPSA) is 97.3 Å². The number of nitrogens with one attached hydrogen (secondary N) is 1. The zero-order chi connectivity index (χ0) is 24.7. The van der Waals surface area contributed by atoms with E-state index >= 15 is 0 Å². The van der Waals surface area contributed by atoms with Gasteiger partial charge in [0.2, 0.25) is 0 Å². The summed E-state index contributed by atoms with van der Waals surface area (Å²) in [6.07, 6.45) is 1.41. The van der Waals surface area contributed by atoms with Gasteiger partial charge in [-0.3, -0.25) is 9.10 Å². The van der Waals surface area contributed by atoms with Crippen molar-refractivity contribution < 1.29 is 22.7 Å². The molecule has 0 aliphatic heterocycles. The van der Waals surface area contributed by atoms with E-state index in [0.29, 0.717) is 22.7 Å². The molecule has 34 heavy (non-hydrogen) atoms. The zero-order valence-electron chi connectivity index (χ0n) is 19.5. The minimum Gasteiger partial charge on any atom is -0.497 e. The summed E-state index contributed by atoms with van der Waals surface area (Å²) in [4.78, 5) is 12.9. The summed E-state index contributed by atoms with van der Waals surface area (Å²) >= 11 is 0. The van der Waals surface area contributed by atoms with E-state index in [1.165, 1.54) is 25.5 Å². The van der Waals surface area contributed by atoms with Crippen LogP contribution in [0, 0.1) is 13.8 Å². The summed E-state index contributed by atoms with van der Waals surface area (Å²) in [5, 5.41) is 3.99. The van der Waals surface area contributed by atoms with Gasteiger partial charge in [0.05, 0.1) is 31.0 Å². The maximum absolute atomic E-state index is 13.5. The first-order chi connectivity index (χ1) is 16.3. The van der Waals surface area contributed by atoms with Crippen molar-refractivity contribution in [1.29, 1.82) is 0 Å². The van der Waals surface area contributed by atoms with Crippen molar-refractivity contribution in [2.75, 3.05) is 25.1 Å². The average molecular weight is 482 g/mol. The molecule has 0 bridgehead atoms. The number of sulfonamides is 1. The Kier molecular flexibility index (Phi) is 7.91. The van der Waals surface area contributed by atoms with E-state index in [2.05, 4.69) is 10.5 Å². The van der Waals surface area contributed by atoms with Gasteiger partial charge in [-0.1, -0.05) is 30.3 Å². The molecule has 0 aliphatic rings. The molecular formula is C25H27N3O5S. The molecule has 0 aliphatic carbocycles. The summed E-state index contributed by atoms with van der Waals surface area (Å²) in [6.45, 7) is 3.26. The highest BCUT2D eigenvalue weighted by Crippen LogP contribution is 2.28. The molecule has 3 rings (SSSR count). The second-order valence-corrected chi connectivity index (χ2v) is 9.31. The van der Waals surface area contributed by atoms with Gasteiger partial charge in [0.15, 0.2) is 0 Å².